The van der Waals surface area contributed by atoms with Crippen LogP contribution in [-0.2, 0) is 14.3 Å². The summed E-state index contributed by atoms with van der Waals surface area (Å²) in [7, 11) is 4.43. The molecule has 1 aliphatic rings. The van der Waals surface area contributed by atoms with Gasteiger partial charge in [0.15, 0.2) is 0 Å². The highest BCUT2D eigenvalue weighted by molar-refractivity contribution is 6.46. The Hall–Kier alpha value is -3.52. The highest BCUT2D eigenvalue weighted by Crippen LogP contribution is 2.43. The predicted molar refractivity (Wildman–Crippen MR) is 127 cm³/mol. The van der Waals surface area contributed by atoms with Crippen molar-refractivity contribution in [2.75, 3.05) is 41.1 Å². The van der Waals surface area contributed by atoms with Crippen molar-refractivity contribution in [3.05, 3.63) is 59.2 Å². The van der Waals surface area contributed by atoms with E-state index in [1.807, 2.05) is 19.9 Å². The first kappa shape index (κ1) is 25.1. The first-order valence-electron chi connectivity index (χ1n) is 11.1. The Balaban J connectivity index is 2.20. The maximum atomic E-state index is 13.2. The molecule has 0 bridgehead atoms. The lowest BCUT2D eigenvalue weighted by Crippen LogP contribution is -2.32. The molecule has 3 rings (SSSR count). The molecule has 1 heterocycles. The van der Waals surface area contributed by atoms with Gasteiger partial charge in [0.1, 0.15) is 28.6 Å². The van der Waals surface area contributed by atoms with E-state index in [1.54, 1.807) is 36.4 Å². The van der Waals surface area contributed by atoms with Gasteiger partial charge in [-0.1, -0.05) is 32.0 Å². The number of methoxy groups -OCH3 is 3. The summed E-state index contributed by atoms with van der Waals surface area (Å²) in [4.78, 5) is 27.6. The van der Waals surface area contributed by atoms with E-state index in [0.29, 0.717) is 35.3 Å². The SMILES string of the molecule is COCCN1C(=O)C(=O)/C(=C(/O)c2c(OC)cccc2OC)C1c1cccc(OCC(C)C)c1. The minimum absolute atomic E-state index is 0.0510. The molecule has 1 N–H and O–H groups in total. The first-order chi connectivity index (χ1) is 16.3. The third kappa shape index (κ3) is 5.02. The van der Waals surface area contributed by atoms with Crippen LogP contribution < -0.4 is 14.2 Å². The van der Waals surface area contributed by atoms with Crippen LogP contribution in [-0.4, -0.2) is 62.8 Å². The number of nitrogens with zero attached hydrogens (tertiary/aromatic N) is 1. The minimum Gasteiger partial charge on any atom is -0.506 e. The summed E-state index contributed by atoms with van der Waals surface area (Å²) >= 11 is 0. The number of hydrogen-bond donors (Lipinski definition) is 1. The molecule has 1 amide bonds. The van der Waals surface area contributed by atoms with E-state index < -0.39 is 17.7 Å². The molecule has 2 aromatic rings. The van der Waals surface area contributed by atoms with E-state index >= 15 is 0 Å². The highest BCUT2D eigenvalue weighted by Gasteiger charge is 2.46. The third-order valence-electron chi connectivity index (χ3n) is 5.50. The number of carbonyl (C=O) groups is 2. The van der Waals surface area contributed by atoms with Gasteiger partial charge in [0, 0.05) is 13.7 Å². The average Bonchev–Trinajstić information content (AvgIpc) is 3.10. The number of hydrogen-bond acceptors (Lipinski definition) is 7. The number of amides is 1. The van der Waals surface area contributed by atoms with Crippen LogP contribution in [0.3, 0.4) is 0 Å². The van der Waals surface area contributed by atoms with Gasteiger partial charge in [-0.15, -0.1) is 0 Å². The normalized spacial score (nSPS) is 17.4. The smallest absolute Gasteiger partial charge is 0.295 e. The minimum atomic E-state index is -0.840. The molecule has 0 aromatic heterocycles. The highest BCUT2D eigenvalue weighted by atomic mass is 16.5. The topological polar surface area (TPSA) is 94.5 Å². The van der Waals surface area contributed by atoms with E-state index in [2.05, 4.69) is 0 Å². The maximum Gasteiger partial charge on any atom is 0.295 e. The molecule has 8 heteroatoms. The Morgan fingerprint density at radius 1 is 1.03 bits per heavy atom. The van der Waals surface area contributed by atoms with Crippen molar-refractivity contribution in [1.29, 1.82) is 0 Å². The summed E-state index contributed by atoms with van der Waals surface area (Å²) in [6.45, 7) is 5.01. The van der Waals surface area contributed by atoms with Gasteiger partial charge in [-0.25, -0.2) is 0 Å². The number of benzene rings is 2. The van der Waals surface area contributed by atoms with Crippen molar-refractivity contribution >= 4 is 17.4 Å². The largest absolute Gasteiger partial charge is 0.506 e. The van der Waals surface area contributed by atoms with Gasteiger partial charge in [0.2, 0.25) is 0 Å². The van der Waals surface area contributed by atoms with Crippen molar-refractivity contribution < 1.29 is 33.6 Å². The molecule has 1 aliphatic heterocycles. The van der Waals surface area contributed by atoms with Crippen molar-refractivity contribution in [1.82, 2.24) is 4.90 Å². The lowest BCUT2D eigenvalue weighted by atomic mass is 9.94. The van der Waals surface area contributed by atoms with Gasteiger partial charge < -0.3 is 29.0 Å². The molecule has 1 saturated heterocycles. The third-order valence-corrected chi connectivity index (χ3v) is 5.50. The van der Waals surface area contributed by atoms with Crippen LogP contribution in [0.25, 0.3) is 5.76 Å². The number of likely N-dealkylation sites (tertiary alicyclic amines) is 1. The fraction of sp³-hybridized carbons (Fsp3) is 0.385. The van der Waals surface area contributed by atoms with Crippen molar-refractivity contribution in [3.63, 3.8) is 0 Å². The standard InChI is InChI=1S/C26H31NO7/c1-16(2)15-34-18-9-6-8-17(14-18)23-22(25(29)26(30)27(23)12-13-31-3)24(28)21-19(32-4)10-7-11-20(21)33-5/h6-11,14,16,23,28H,12-13,15H2,1-5H3/b24-22+. The zero-order valence-corrected chi connectivity index (χ0v) is 20.2. The predicted octanol–water partition coefficient (Wildman–Crippen LogP) is 3.81. The van der Waals surface area contributed by atoms with Crippen molar-refractivity contribution in [2.24, 2.45) is 5.92 Å². The van der Waals surface area contributed by atoms with Crippen LogP contribution in [0.1, 0.15) is 31.0 Å². The summed E-state index contributed by atoms with van der Waals surface area (Å²) in [5, 5.41) is 11.4. The zero-order valence-electron chi connectivity index (χ0n) is 20.2. The molecular formula is C26H31NO7. The number of ether oxygens (including phenoxy) is 4. The summed E-state index contributed by atoms with van der Waals surface area (Å²) in [5.41, 5.74) is 0.784. The molecule has 0 spiro atoms. The second-order valence-electron chi connectivity index (χ2n) is 8.30. The molecule has 8 nitrogen and oxygen atoms in total. The van der Waals surface area contributed by atoms with Crippen LogP contribution in [0.15, 0.2) is 48.0 Å². The zero-order chi connectivity index (χ0) is 24.8. The molecule has 0 aliphatic carbocycles. The Kier molecular flexibility index (Phi) is 8.17. The van der Waals surface area contributed by atoms with Gasteiger partial charge in [0.05, 0.1) is 39.0 Å². The lowest BCUT2D eigenvalue weighted by Gasteiger charge is -2.25. The molecular weight excluding hydrogens is 438 g/mol. The van der Waals surface area contributed by atoms with Crippen molar-refractivity contribution in [3.8, 4) is 17.2 Å². The molecule has 34 heavy (non-hydrogen) atoms. The van der Waals surface area contributed by atoms with Crippen LogP contribution in [0, 0.1) is 5.92 Å². The van der Waals surface area contributed by atoms with E-state index in [1.165, 1.54) is 26.2 Å². The second-order valence-corrected chi connectivity index (χ2v) is 8.30. The summed E-state index contributed by atoms with van der Waals surface area (Å²) in [6, 6.07) is 11.4. The molecule has 0 radical (unpaired) electrons. The molecule has 0 saturated carbocycles. The fourth-order valence-electron chi connectivity index (χ4n) is 3.90. The Morgan fingerprint density at radius 3 is 2.26 bits per heavy atom. The van der Waals surface area contributed by atoms with Crippen LogP contribution >= 0.6 is 0 Å². The van der Waals surface area contributed by atoms with Crippen molar-refractivity contribution in [2.45, 2.75) is 19.9 Å². The number of carbonyl (C=O) groups excluding carboxylic acids is 2. The van der Waals surface area contributed by atoms with Gasteiger partial charge in [-0.2, -0.15) is 0 Å². The van der Waals surface area contributed by atoms with Gasteiger partial charge in [-0.3, -0.25) is 9.59 Å². The Bertz CT molecular complexity index is 1050. The van der Waals surface area contributed by atoms with Gasteiger partial charge in [0.25, 0.3) is 11.7 Å². The Labute approximate surface area is 199 Å². The Morgan fingerprint density at radius 2 is 1.68 bits per heavy atom. The lowest BCUT2D eigenvalue weighted by molar-refractivity contribution is -0.140. The summed E-state index contributed by atoms with van der Waals surface area (Å²) < 4.78 is 21.9. The quantitative estimate of drug-likeness (QED) is 0.321. The molecule has 2 aromatic carbocycles. The molecule has 1 unspecified atom stereocenters. The summed E-state index contributed by atoms with van der Waals surface area (Å²) in [5.74, 6) is -0.315. The summed E-state index contributed by atoms with van der Waals surface area (Å²) in [6.07, 6.45) is 0. The van der Waals surface area contributed by atoms with Crippen LogP contribution in [0.2, 0.25) is 0 Å². The number of aliphatic hydroxyl groups is 1. The van der Waals surface area contributed by atoms with Crippen LogP contribution in [0.4, 0.5) is 0 Å². The second kappa shape index (κ2) is 11.1. The van der Waals surface area contributed by atoms with E-state index in [-0.39, 0.29) is 30.0 Å². The molecule has 1 fully saturated rings. The van der Waals surface area contributed by atoms with Gasteiger partial charge in [-0.05, 0) is 35.7 Å². The van der Waals surface area contributed by atoms with E-state index in [9.17, 15) is 14.7 Å². The maximum absolute atomic E-state index is 13.2. The van der Waals surface area contributed by atoms with E-state index in [0.717, 1.165) is 0 Å². The number of aliphatic hydroxyl groups excluding tert-OH is 1. The van der Waals surface area contributed by atoms with Crippen LogP contribution in [0.5, 0.6) is 17.2 Å². The first-order valence-corrected chi connectivity index (χ1v) is 11.1. The molecule has 1 atom stereocenters. The number of rotatable bonds is 10. The van der Waals surface area contributed by atoms with E-state index in [4.69, 9.17) is 18.9 Å². The number of Topliss-reactive ketones (excluding diaryl/α,β-unsaturated/α-hetero) is 1. The molecule has 182 valence electrons. The fourth-order valence-corrected chi connectivity index (χ4v) is 3.90. The monoisotopic (exact) mass is 469 g/mol. The average molecular weight is 470 g/mol. The number of ketones is 1. The van der Waals surface area contributed by atoms with Gasteiger partial charge >= 0.3 is 0 Å².